The molecule has 0 unspecified atom stereocenters. The summed E-state index contributed by atoms with van der Waals surface area (Å²) in [5.41, 5.74) is 0. The SMILES string of the molecule is CNc1cc(NCCC(C)C)nc(SC)n1. The molecular formula is C11H20N4S. The average Bonchev–Trinajstić information content (AvgIpc) is 2.28. The Balaban J connectivity index is 2.64. The molecule has 0 bridgehead atoms. The van der Waals surface area contributed by atoms with Gasteiger partial charge in [0.25, 0.3) is 0 Å². The highest BCUT2D eigenvalue weighted by atomic mass is 32.2. The molecule has 2 N–H and O–H groups in total. The highest BCUT2D eigenvalue weighted by Crippen LogP contribution is 2.16. The molecule has 0 saturated heterocycles. The predicted octanol–water partition coefficient (Wildman–Crippen LogP) is 2.70. The summed E-state index contributed by atoms with van der Waals surface area (Å²) in [6.07, 6.45) is 3.13. The number of anilines is 2. The average molecular weight is 240 g/mol. The highest BCUT2D eigenvalue weighted by Gasteiger charge is 2.02. The van der Waals surface area contributed by atoms with Crippen LogP contribution in [0, 0.1) is 5.92 Å². The molecule has 1 heterocycles. The molecule has 1 aromatic rings. The maximum absolute atomic E-state index is 4.40. The summed E-state index contributed by atoms with van der Waals surface area (Å²) in [7, 11) is 1.87. The van der Waals surface area contributed by atoms with Gasteiger partial charge in [-0.3, -0.25) is 0 Å². The lowest BCUT2D eigenvalue weighted by Gasteiger charge is -2.09. The Labute approximate surface area is 102 Å². The van der Waals surface area contributed by atoms with Gasteiger partial charge in [0.05, 0.1) is 0 Å². The van der Waals surface area contributed by atoms with E-state index in [1.165, 1.54) is 0 Å². The Morgan fingerprint density at radius 3 is 2.56 bits per heavy atom. The zero-order valence-electron chi connectivity index (χ0n) is 10.4. The van der Waals surface area contributed by atoms with Crippen LogP contribution in [0.1, 0.15) is 20.3 Å². The highest BCUT2D eigenvalue weighted by molar-refractivity contribution is 7.98. The van der Waals surface area contributed by atoms with Gasteiger partial charge < -0.3 is 10.6 Å². The Kier molecular flexibility index (Phi) is 5.38. The Morgan fingerprint density at radius 2 is 2.00 bits per heavy atom. The first-order valence-electron chi connectivity index (χ1n) is 5.50. The van der Waals surface area contributed by atoms with E-state index < -0.39 is 0 Å². The van der Waals surface area contributed by atoms with Gasteiger partial charge in [0.2, 0.25) is 0 Å². The van der Waals surface area contributed by atoms with Gasteiger partial charge in [0.1, 0.15) is 11.6 Å². The van der Waals surface area contributed by atoms with Crippen LogP contribution in [0.3, 0.4) is 0 Å². The number of nitrogens with one attached hydrogen (secondary N) is 2. The largest absolute Gasteiger partial charge is 0.373 e. The minimum atomic E-state index is 0.707. The zero-order valence-corrected chi connectivity index (χ0v) is 11.2. The van der Waals surface area contributed by atoms with Crippen molar-refractivity contribution in [2.24, 2.45) is 5.92 Å². The van der Waals surface area contributed by atoms with E-state index in [0.717, 1.165) is 29.8 Å². The molecule has 0 saturated carbocycles. The monoisotopic (exact) mass is 240 g/mol. The summed E-state index contributed by atoms with van der Waals surface area (Å²) in [6.45, 7) is 5.38. The molecule has 16 heavy (non-hydrogen) atoms. The van der Waals surface area contributed by atoms with Crippen molar-refractivity contribution in [1.29, 1.82) is 0 Å². The second kappa shape index (κ2) is 6.58. The van der Waals surface area contributed by atoms with E-state index in [1.54, 1.807) is 11.8 Å². The van der Waals surface area contributed by atoms with E-state index in [9.17, 15) is 0 Å². The van der Waals surface area contributed by atoms with Crippen molar-refractivity contribution in [2.45, 2.75) is 25.4 Å². The number of nitrogens with zero attached hydrogens (tertiary/aromatic N) is 2. The van der Waals surface area contributed by atoms with Gasteiger partial charge in [-0.2, -0.15) is 0 Å². The van der Waals surface area contributed by atoms with Crippen LogP contribution < -0.4 is 10.6 Å². The number of rotatable bonds is 6. The summed E-state index contributed by atoms with van der Waals surface area (Å²) in [6, 6.07) is 1.93. The maximum Gasteiger partial charge on any atom is 0.191 e. The first-order chi connectivity index (χ1) is 7.65. The molecule has 0 spiro atoms. The van der Waals surface area contributed by atoms with Crippen molar-refractivity contribution >= 4 is 23.4 Å². The Hall–Kier alpha value is -0.970. The molecule has 0 radical (unpaired) electrons. The van der Waals surface area contributed by atoms with Gasteiger partial charge in [0, 0.05) is 19.7 Å². The molecule has 5 heteroatoms. The van der Waals surface area contributed by atoms with Gasteiger partial charge in [-0.1, -0.05) is 25.6 Å². The third-order valence-electron chi connectivity index (χ3n) is 2.17. The smallest absolute Gasteiger partial charge is 0.191 e. The van der Waals surface area contributed by atoms with E-state index in [1.807, 2.05) is 19.4 Å². The van der Waals surface area contributed by atoms with Crippen molar-refractivity contribution < 1.29 is 0 Å². The maximum atomic E-state index is 4.40. The number of aromatic nitrogens is 2. The van der Waals surface area contributed by atoms with E-state index in [4.69, 9.17) is 0 Å². The molecular weight excluding hydrogens is 220 g/mol. The van der Waals surface area contributed by atoms with Crippen molar-refractivity contribution in [3.05, 3.63) is 6.07 Å². The van der Waals surface area contributed by atoms with E-state index in [0.29, 0.717) is 5.92 Å². The summed E-state index contributed by atoms with van der Waals surface area (Å²) in [5.74, 6) is 2.45. The molecule has 0 aromatic carbocycles. The number of thioether (sulfide) groups is 1. The summed E-state index contributed by atoms with van der Waals surface area (Å²) < 4.78 is 0. The first-order valence-corrected chi connectivity index (χ1v) is 6.73. The first kappa shape index (κ1) is 13.1. The molecule has 0 aliphatic heterocycles. The normalized spacial score (nSPS) is 10.6. The minimum Gasteiger partial charge on any atom is -0.373 e. The van der Waals surface area contributed by atoms with Gasteiger partial charge in [-0.15, -0.1) is 0 Å². The number of hydrogen-bond acceptors (Lipinski definition) is 5. The van der Waals surface area contributed by atoms with Crippen LogP contribution in [0.5, 0.6) is 0 Å². The van der Waals surface area contributed by atoms with E-state index >= 15 is 0 Å². The van der Waals surface area contributed by atoms with Crippen LogP contribution in [0.2, 0.25) is 0 Å². The van der Waals surface area contributed by atoms with Gasteiger partial charge in [-0.25, -0.2) is 9.97 Å². The van der Waals surface area contributed by atoms with Crippen LogP contribution in [0.15, 0.2) is 11.2 Å². The quantitative estimate of drug-likeness (QED) is 0.591. The number of hydrogen-bond donors (Lipinski definition) is 2. The third kappa shape index (κ3) is 4.26. The topological polar surface area (TPSA) is 49.8 Å². The van der Waals surface area contributed by atoms with Crippen molar-refractivity contribution in [2.75, 3.05) is 30.5 Å². The van der Waals surface area contributed by atoms with Crippen molar-refractivity contribution in [3.63, 3.8) is 0 Å². The van der Waals surface area contributed by atoms with Crippen molar-refractivity contribution in [3.8, 4) is 0 Å². The fourth-order valence-electron chi connectivity index (χ4n) is 1.22. The molecule has 0 amide bonds. The standard InChI is InChI=1S/C11H20N4S/c1-8(2)5-6-13-10-7-9(12-3)14-11(15-10)16-4/h7-8H,5-6H2,1-4H3,(H2,12,13,14,15). The molecule has 1 rings (SSSR count). The Morgan fingerprint density at radius 1 is 1.31 bits per heavy atom. The van der Waals surface area contributed by atoms with Gasteiger partial charge in [0.15, 0.2) is 5.16 Å². The summed E-state index contributed by atoms with van der Waals surface area (Å²) >= 11 is 1.55. The van der Waals surface area contributed by atoms with Gasteiger partial charge >= 0.3 is 0 Å². The lowest BCUT2D eigenvalue weighted by molar-refractivity contribution is 0.606. The second-order valence-electron chi connectivity index (χ2n) is 3.98. The molecule has 4 nitrogen and oxygen atoms in total. The van der Waals surface area contributed by atoms with Crippen LogP contribution in [-0.4, -0.2) is 29.8 Å². The fourth-order valence-corrected chi connectivity index (χ4v) is 1.60. The second-order valence-corrected chi connectivity index (χ2v) is 4.76. The zero-order chi connectivity index (χ0) is 12.0. The Bertz CT molecular complexity index is 306. The van der Waals surface area contributed by atoms with Crippen LogP contribution in [0.4, 0.5) is 11.6 Å². The summed E-state index contributed by atoms with van der Waals surface area (Å²) in [4.78, 5) is 8.71. The molecule has 0 aliphatic rings. The molecule has 0 fully saturated rings. The van der Waals surface area contributed by atoms with Crippen LogP contribution in [-0.2, 0) is 0 Å². The van der Waals surface area contributed by atoms with E-state index in [2.05, 4.69) is 34.4 Å². The van der Waals surface area contributed by atoms with Gasteiger partial charge in [-0.05, 0) is 18.6 Å². The molecule has 90 valence electrons. The minimum absolute atomic E-state index is 0.707. The molecule has 0 atom stereocenters. The lowest BCUT2D eigenvalue weighted by Crippen LogP contribution is -2.08. The predicted molar refractivity (Wildman–Crippen MR) is 71.3 cm³/mol. The van der Waals surface area contributed by atoms with E-state index in [-0.39, 0.29) is 0 Å². The van der Waals surface area contributed by atoms with Crippen LogP contribution >= 0.6 is 11.8 Å². The molecule has 1 aromatic heterocycles. The van der Waals surface area contributed by atoms with Crippen molar-refractivity contribution in [1.82, 2.24) is 9.97 Å². The lowest BCUT2D eigenvalue weighted by atomic mass is 10.1. The fraction of sp³-hybridized carbons (Fsp3) is 0.636. The summed E-state index contributed by atoms with van der Waals surface area (Å²) in [5, 5.41) is 7.15. The van der Waals surface area contributed by atoms with Crippen LogP contribution in [0.25, 0.3) is 0 Å². The molecule has 0 aliphatic carbocycles. The third-order valence-corrected chi connectivity index (χ3v) is 2.72.